The molecule has 1 spiro atoms. The van der Waals surface area contributed by atoms with Gasteiger partial charge in [0, 0.05) is 25.4 Å². The highest BCUT2D eigenvalue weighted by Gasteiger charge is 2.42. The summed E-state index contributed by atoms with van der Waals surface area (Å²) in [6.07, 6.45) is 3.23. The molecule has 1 atom stereocenters. The summed E-state index contributed by atoms with van der Waals surface area (Å²) in [7, 11) is 0. The molecule has 6 nitrogen and oxygen atoms in total. The molecular weight excluding hydrogens is 308 g/mol. The van der Waals surface area contributed by atoms with Crippen molar-refractivity contribution in [2.75, 3.05) is 26.4 Å². The molecule has 1 aliphatic carbocycles. The van der Waals surface area contributed by atoms with Crippen molar-refractivity contribution in [3.05, 3.63) is 35.4 Å². The first-order valence-electron chi connectivity index (χ1n) is 8.73. The van der Waals surface area contributed by atoms with Crippen LogP contribution >= 0.6 is 0 Å². The van der Waals surface area contributed by atoms with Crippen LogP contribution in [0.3, 0.4) is 0 Å². The summed E-state index contributed by atoms with van der Waals surface area (Å²) in [5.74, 6) is -0.492. The summed E-state index contributed by atoms with van der Waals surface area (Å²) in [4.78, 5) is 12.1. The summed E-state index contributed by atoms with van der Waals surface area (Å²) in [5.41, 5.74) is 2.66. The van der Waals surface area contributed by atoms with Gasteiger partial charge in [0.25, 0.3) is 0 Å². The number of nitrogens with one attached hydrogen (secondary N) is 2. The van der Waals surface area contributed by atoms with Crippen LogP contribution in [0.1, 0.15) is 24.0 Å². The number of fused-ring (bicyclic) bond motifs is 1. The van der Waals surface area contributed by atoms with Gasteiger partial charge in [-0.2, -0.15) is 0 Å². The summed E-state index contributed by atoms with van der Waals surface area (Å²) >= 11 is 0. The number of urea groups is 1. The Balaban J connectivity index is 1.21. The Labute approximate surface area is 141 Å². The van der Waals surface area contributed by atoms with Gasteiger partial charge in [-0.05, 0) is 24.0 Å². The Morgan fingerprint density at radius 2 is 1.88 bits per heavy atom. The SMILES string of the molecule is O=C(NCC1COC2(CCOCC2)O1)NC1Cc2ccccc2C1. The van der Waals surface area contributed by atoms with Crippen LogP contribution in [0, 0.1) is 0 Å². The lowest BCUT2D eigenvalue weighted by molar-refractivity contribution is -0.210. The van der Waals surface area contributed by atoms with Gasteiger partial charge >= 0.3 is 6.03 Å². The van der Waals surface area contributed by atoms with Crippen molar-refractivity contribution >= 4 is 6.03 Å². The minimum atomic E-state index is -0.492. The van der Waals surface area contributed by atoms with E-state index in [1.165, 1.54) is 11.1 Å². The van der Waals surface area contributed by atoms with Crippen molar-refractivity contribution in [3.63, 3.8) is 0 Å². The predicted octanol–water partition coefficient (Wildman–Crippen LogP) is 1.38. The molecule has 1 unspecified atom stereocenters. The number of ether oxygens (including phenoxy) is 3. The molecule has 130 valence electrons. The van der Waals surface area contributed by atoms with Gasteiger partial charge in [-0.15, -0.1) is 0 Å². The highest BCUT2D eigenvalue weighted by Crippen LogP contribution is 2.32. The van der Waals surface area contributed by atoms with Crippen molar-refractivity contribution in [1.29, 1.82) is 0 Å². The lowest BCUT2D eigenvalue weighted by atomic mass is 10.1. The first-order valence-corrected chi connectivity index (χ1v) is 8.73. The van der Waals surface area contributed by atoms with E-state index in [0.29, 0.717) is 26.4 Å². The molecule has 0 bridgehead atoms. The second-order valence-corrected chi connectivity index (χ2v) is 6.80. The minimum absolute atomic E-state index is 0.0883. The lowest BCUT2D eigenvalue weighted by Crippen LogP contribution is -2.45. The van der Waals surface area contributed by atoms with Crippen LogP contribution in [-0.4, -0.2) is 50.3 Å². The molecule has 24 heavy (non-hydrogen) atoms. The van der Waals surface area contributed by atoms with Crippen molar-refractivity contribution in [3.8, 4) is 0 Å². The van der Waals surface area contributed by atoms with Gasteiger partial charge in [0.15, 0.2) is 5.79 Å². The quantitative estimate of drug-likeness (QED) is 0.877. The monoisotopic (exact) mass is 332 g/mol. The van der Waals surface area contributed by atoms with E-state index in [1.54, 1.807) is 0 Å². The summed E-state index contributed by atoms with van der Waals surface area (Å²) in [6.45, 7) is 2.33. The molecule has 4 rings (SSSR count). The Bertz CT molecular complexity index is 575. The van der Waals surface area contributed by atoms with Gasteiger partial charge in [0.2, 0.25) is 0 Å². The van der Waals surface area contributed by atoms with Gasteiger partial charge in [0.05, 0.1) is 19.8 Å². The Kier molecular flexibility index (Phi) is 4.43. The van der Waals surface area contributed by atoms with Crippen LogP contribution in [-0.2, 0) is 27.1 Å². The van der Waals surface area contributed by atoms with Crippen LogP contribution in [0.25, 0.3) is 0 Å². The second-order valence-electron chi connectivity index (χ2n) is 6.80. The number of amides is 2. The smallest absolute Gasteiger partial charge is 0.315 e. The van der Waals surface area contributed by atoms with Crippen LogP contribution in [0.5, 0.6) is 0 Å². The van der Waals surface area contributed by atoms with Gasteiger partial charge in [-0.25, -0.2) is 4.79 Å². The lowest BCUT2D eigenvalue weighted by Gasteiger charge is -2.31. The third-order valence-corrected chi connectivity index (χ3v) is 5.04. The minimum Gasteiger partial charge on any atom is -0.381 e. The van der Waals surface area contributed by atoms with E-state index < -0.39 is 5.79 Å². The van der Waals surface area contributed by atoms with Gasteiger partial charge < -0.3 is 24.8 Å². The number of carbonyl (C=O) groups is 1. The maximum absolute atomic E-state index is 12.1. The van der Waals surface area contributed by atoms with Crippen molar-refractivity contribution in [1.82, 2.24) is 10.6 Å². The first-order chi connectivity index (χ1) is 11.7. The summed E-state index contributed by atoms with van der Waals surface area (Å²) < 4.78 is 17.2. The molecule has 2 N–H and O–H groups in total. The van der Waals surface area contributed by atoms with E-state index in [1.807, 2.05) is 12.1 Å². The van der Waals surface area contributed by atoms with Gasteiger partial charge in [-0.3, -0.25) is 0 Å². The zero-order valence-corrected chi connectivity index (χ0v) is 13.8. The average Bonchev–Trinajstić information content (AvgIpc) is 3.17. The number of carbonyl (C=O) groups excluding carboxylic acids is 1. The normalized spacial score (nSPS) is 25.6. The second kappa shape index (κ2) is 6.70. The highest BCUT2D eigenvalue weighted by molar-refractivity contribution is 5.74. The summed E-state index contributed by atoms with van der Waals surface area (Å²) in [5, 5.41) is 5.97. The van der Waals surface area contributed by atoms with Crippen molar-refractivity contribution in [2.45, 2.75) is 43.6 Å². The van der Waals surface area contributed by atoms with Crippen LogP contribution in [0.4, 0.5) is 4.79 Å². The molecule has 2 fully saturated rings. The first kappa shape index (κ1) is 15.9. The molecular formula is C18H24N2O4. The van der Waals surface area contributed by atoms with Gasteiger partial charge in [0.1, 0.15) is 6.10 Å². The maximum atomic E-state index is 12.1. The standard InChI is InChI=1S/C18H24N2O4/c21-17(20-15-9-13-3-1-2-4-14(13)10-15)19-11-16-12-23-18(24-16)5-7-22-8-6-18/h1-4,15-16H,5-12H2,(H2,19,20,21). The molecule has 0 aromatic heterocycles. The molecule has 1 aromatic rings. The topological polar surface area (TPSA) is 68.8 Å². The molecule has 2 saturated heterocycles. The fourth-order valence-corrected chi connectivity index (χ4v) is 3.77. The molecule has 2 heterocycles. The van der Waals surface area contributed by atoms with E-state index in [4.69, 9.17) is 14.2 Å². The zero-order chi connectivity index (χ0) is 16.4. The predicted molar refractivity (Wildman–Crippen MR) is 87.8 cm³/mol. The van der Waals surface area contributed by atoms with E-state index >= 15 is 0 Å². The number of hydrogen-bond donors (Lipinski definition) is 2. The Morgan fingerprint density at radius 3 is 2.58 bits per heavy atom. The van der Waals surface area contributed by atoms with E-state index in [9.17, 15) is 4.79 Å². The third kappa shape index (κ3) is 3.41. The van der Waals surface area contributed by atoms with E-state index in [2.05, 4.69) is 22.8 Å². The Morgan fingerprint density at radius 1 is 1.17 bits per heavy atom. The van der Waals surface area contributed by atoms with Crippen LogP contribution < -0.4 is 10.6 Å². The zero-order valence-electron chi connectivity index (χ0n) is 13.8. The molecule has 2 aliphatic heterocycles. The fraction of sp³-hybridized carbons (Fsp3) is 0.611. The molecule has 0 radical (unpaired) electrons. The molecule has 1 aromatic carbocycles. The van der Waals surface area contributed by atoms with Gasteiger partial charge in [-0.1, -0.05) is 24.3 Å². The van der Waals surface area contributed by atoms with Crippen LogP contribution in [0.15, 0.2) is 24.3 Å². The highest BCUT2D eigenvalue weighted by atomic mass is 16.7. The maximum Gasteiger partial charge on any atom is 0.315 e. The summed E-state index contributed by atoms with van der Waals surface area (Å²) in [6, 6.07) is 8.39. The molecule has 3 aliphatic rings. The average molecular weight is 332 g/mol. The molecule has 6 heteroatoms. The number of hydrogen-bond acceptors (Lipinski definition) is 4. The third-order valence-electron chi connectivity index (χ3n) is 5.04. The van der Waals surface area contributed by atoms with Crippen molar-refractivity contribution in [2.24, 2.45) is 0 Å². The van der Waals surface area contributed by atoms with Crippen LogP contribution in [0.2, 0.25) is 0 Å². The number of benzene rings is 1. The van der Waals surface area contributed by atoms with E-state index in [-0.39, 0.29) is 18.2 Å². The largest absolute Gasteiger partial charge is 0.381 e. The van der Waals surface area contributed by atoms with Crippen molar-refractivity contribution < 1.29 is 19.0 Å². The number of rotatable bonds is 3. The van der Waals surface area contributed by atoms with E-state index in [0.717, 1.165) is 25.7 Å². The molecule has 2 amide bonds. The Hall–Kier alpha value is -1.63. The molecule has 0 saturated carbocycles. The fourth-order valence-electron chi connectivity index (χ4n) is 3.77.